The Kier molecular flexibility index (Phi) is 6.57. The molecule has 0 spiro atoms. The topological polar surface area (TPSA) is 102 Å². The van der Waals surface area contributed by atoms with E-state index in [2.05, 4.69) is 14.8 Å². The number of carbonyl (C=O) groups is 2. The molecule has 0 bridgehead atoms. The molecule has 0 radical (unpaired) electrons. The lowest BCUT2D eigenvalue weighted by Crippen LogP contribution is -2.28. The summed E-state index contributed by atoms with van der Waals surface area (Å²) in [6, 6.07) is 11.7. The average molecular weight is 390 g/mol. The highest BCUT2D eigenvalue weighted by Gasteiger charge is 2.19. The van der Waals surface area contributed by atoms with Crippen LogP contribution in [0.1, 0.15) is 34.6 Å². The molecule has 0 aliphatic carbocycles. The molecular formula is C19H22N2O5S. The van der Waals surface area contributed by atoms with Gasteiger partial charge in [-0.05, 0) is 42.3 Å². The molecule has 0 aliphatic rings. The van der Waals surface area contributed by atoms with E-state index in [0.717, 1.165) is 0 Å². The molecule has 144 valence electrons. The average Bonchev–Trinajstić information content (AvgIpc) is 2.65. The summed E-state index contributed by atoms with van der Waals surface area (Å²) in [4.78, 5) is 23.8. The number of esters is 1. The first-order valence-electron chi connectivity index (χ1n) is 8.33. The van der Waals surface area contributed by atoms with E-state index in [1.807, 2.05) is 13.8 Å². The molecule has 0 aliphatic heterocycles. The SMILES string of the molecule is COC(=O)c1ccc(S(=O)(=O)Nc2ccccc2C(=O)NCC(C)C)cc1. The minimum absolute atomic E-state index is 0.0347. The third-order valence-corrected chi connectivity index (χ3v) is 5.05. The first kappa shape index (κ1) is 20.4. The van der Waals surface area contributed by atoms with Crippen LogP contribution >= 0.6 is 0 Å². The Bertz CT molecular complexity index is 921. The van der Waals surface area contributed by atoms with Gasteiger partial charge in [0.15, 0.2) is 0 Å². The van der Waals surface area contributed by atoms with Gasteiger partial charge < -0.3 is 10.1 Å². The van der Waals surface area contributed by atoms with Gasteiger partial charge in [-0.15, -0.1) is 0 Å². The molecule has 0 fully saturated rings. The van der Waals surface area contributed by atoms with Crippen molar-refractivity contribution < 1.29 is 22.7 Å². The second kappa shape index (κ2) is 8.68. The minimum atomic E-state index is -3.93. The maximum absolute atomic E-state index is 12.6. The van der Waals surface area contributed by atoms with Crippen molar-refractivity contribution in [2.75, 3.05) is 18.4 Å². The van der Waals surface area contributed by atoms with E-state index in [0.29, 0.717) is 6.54 Å². The first-order valence-corrected chi connectivity index (χ1v) is 9.81. The molecule has 0 aromatic heterocycles. The summed E-state index contributed by atoms with van der Waals surface area (Å²) < 4.78 is 32.3. The van der Waals surface area contributed by atoms with Crippen LogP contribution in [-0.2, 0) is 14.8 Å². The van der Waals surface area contributed by atoms with Gasteiger partial charge in [0.25, 0.3) is 15.9 Å². The van der Waals surface area contributed by atoms with E-state index in [9.17, 15) is 18.0 Å². The molecular weight excluding hydrogens is 368 g/mol. The number of sulfonamides is 1. The van der Waals surface area contributed by atoms with E-state index < -0.39 is 16.0 Å². The van der Waals surface area contributed by atoms with E-state index in [4.69, 9.17) is 0 Å². The number of methoxy groups -OCH3 is 1. The number of hydrogen-bond donors (Lipinski definition) is 2. The fraction of sp³-hybridized carbons (Fsp3) is 0.263. The molecule has 7 nitrogen and oxygen atoms in total. The molecule has 0 atom stereocenters. The van der Waals surface area contributed by atoms with Crippen molar-refractivity contribution in [1.82, 2.24) is 5.32 Å². The van der Waals surface area contributed by atoms with Gasteiger partial charge in [0.1, 0.15) is 0 Å². The fourth-order valence-electron chi connectivity index (χ4n) is 2.25. The molecule has 2 rings (SSSR count). The minimum Gasteiger partial charge on any atom is -0.465 e. The zero-order chi connectivity index (χ0) is 20.0. The molecule has 2 aromatic carbocycles. The van der Waals surface area contributed by atoms with E-state index in [1.54, 1.807) is 18.2 Å². The number of amides is 1. The lowest BCUT2D eigenvalue weighted by atomic mass is 10.1. The number of para-hydroxylation sites is 1. The number of benzene rings is 2. The lowest BCUT2D eigenvalue weighted by molar-refractivity contribution is 0.0600. The van der Waals surface area contributed by atoms with Crippen LogP contribution in [-0.4, -0.2) is 33.9 Å². The van der Waals surface area contributed by atoms with Crippen LogP contribution in [0.5, 0.6) is 0 Å². The van der Waals surface area contributed by atoms with Crippen molar-refractivity contribution in [3.05, 3.63) is 59.7 Å². The summed E-state index contributed by atoms with van der Waals surface area (Å²) in [5, 5.41) is 2.77. The Morgan fingerprint density at radius 3 is 2.26 bits per heavy atom. The van der Waals surface area contributed by atoms with E-state index >= 15 is 0 Å². The van der Waals surface area contributed by atoms with Crippen LogP contribution < -0.4 is 10.0 Å². The highest BCUT2D eigenvalue weighted by atomic mass is 32.2. The molecule has 0 saturated heterocycles. The predicted molar refractivity (Wildman–Crippen MR) is 102 cm³/mol. The zero-order valence-electron chi connectivity index (χ0n) is 15.4. The molecule has 2 aromatic rings. The van der Waals surface area contributed by atoms with Crippen molar-refractivity contribution in [3.63, 3.8) is 0 Å². The summed E-state index contributed by atoms with van der Waals surface area (Å²) in [7, 11) is -2.69. The maximum atomic E-state index is 12.6. The number of anilines is 1. The summed E-state index contributed by atoms with van der Waals surface area (Å²) in [6.45, 7) is 4.41. The quantitative estimate of drug-likeness (QED) is 0.708. The number of carbonyl (C=O) groups excluding carboxylic acids is 2. The smallest absolute Gasteiger partial charge is 0.337 e. The number of ether oxygens (including phenoxy) is 1. The van der Waals surface area contributed by atoms with Gasteiger partial charge in [-0.1, -0.05) is 26.0 Å². The van der Waals surface area contributed by atoms with Gasteiger partial charge >= 0.3 is 5.97 Å². The predicted octanol–water partition coefficient (Wildman–Crippen LogP) is 2.66. The molecule has 0 heterocycles. The third-order valence-electron chi connectivity index (χ3n) is 3.67. The normalized spacial score (nSPS) is 11.1. The highest BCUT2D eigenvalue weighted by Crippen LogP contribution is 2.20. The Morgan fingerprint density at radius 1 is 1.04 bits per heavy atom. The molecule has 0 saturated carbocycles. The van der Waals surface area contributed by atoms with Gasteiger partial charge in [-0.25, -0.2) is 13.2 Å². The Balaban J connectivity index is 2.25. The Labute approximate surface area is 158 Å². The number of rotatable bonds is 7. The number of nitrogens with one attached hydrogen (secondary N) is 2. The van der Waals surface area contributed by atoms with Gasteiger partial charge in [-0.2, -0.15) is 0 Å². The standard InChI is InChI=1S/C19H22N2O5S/c1-13(2)12-20-18(22)16-6-4-5-7-17(16)21-27(24,25)15-10-8-14(9-11-15)19(23)26-3/h4-11,13,21H,12H2,1-3H3,(H,20,22). The summed E-state index contributed by atoms with van der Waals surface area (Å²) >= 11 is 0. The van der Waals surface area contributed by atoms with Gasteiger partial charge in [-0.3, -0.25) is 9.52 Å². The molecule has 0 unspecified atom stereocenters. The van der Waals surface area contributed by atoms with Crippen molar-refractivity contribution in [1.29, 1.82) is 0 Å². The first-order chi connectivity index (χ1) is 12.7. The van der Waals surface area contributed by atoms with Crippen LogP contribution in [0.2, 0.25) is 0 Å². The van der Waals surface area contributed by atoms with Gasteiger partial charge in [0.05, 0.1) is 28.8 Å². The van der Waals surface area contributed by atoms with Crippen molar-refractivity contribution in [3.8, 4) is 0 Å². The van der Waals surface area contributed by atoms with Crippen molar-refractivity contribution >= 4 is 27.6 Å². The largest absolute Gasteiger partial charge is 0.465 e. The van der Waals surface area contributed by atoms with Crippen LogP contribution in [0.4, 0.5) is 5.69 Å². The molecule has 1 amide bonds. The van der Waals surface area contributed by atoms with Crippen LogP contribution in [0.15, 0.2) is 53.4 Å². The molecule has 2 N–H and O–H groups in total. The Morgan fingerprint density at radius 2 is 1.67 bits per heavy atom. The van der Waals surface area contributed by atoms with Crippen LogP contribution in [0.25, 0.3) is 0 Å². The molecule has 8 heteroatoms. The monoisotopic (exact) mass is 390 g/mol. The second-order valence-corrected chi connectivity index (χ2v) is 7.95. The van der Waals surface area contributed by atoms with E-state index in [-0.39, 0.29) is 33.5 Å². The summed E-state index contributed by atoms with van der Waals surface area (Å²) in [6.07, 6.45) is 0. The van der Waals surface area contributed by atoms with Crippen molar-refractivity contribution in [2.45, 2.75) is 18.7 Å². The van der Waals surface area contributed by atoms with Gasteiger partial charge in [0.2, 0.25) is 0 Å². The number of hydrogen-bond acceptors (Lipinski definition) is 5. The fourth-order valence-corrected chi connectivity index (χ4v) is 3.33. The zero-order valence-corrected chi connectivity index (χ0v) is 16.2. The lowest BCUT2D eigenvalue weighted by Gasteiger charge is -2.13. The van der Waals surface area contributed by atoms with Gasteiger partial charge in [0, 0.05) is 6.54 Å². The Hall–Kier alpha value is -2.87. The molecule has 27 heavy (non-hydrogen) atoms. The second-order valence-electron chi connectivity index (χ2n) is 6.27. The van der Waals surface area contributed by atoms with E-state index in [1.165, 1.54) is 37.4 Å². The maximum Gasteiger partial charge on any atom is 0.337 e. The summed E-state index contributed by atoms with van der Waals surface area (Å²) in [5.41, 5.74) is 0.647. The van der Waals surface area contributed by atoms with Crippen molar-refractivity contribution in [2.24, 2.45) is 5.92 Å². The van der Waals surface area contributed by atoms with Crippen LogP contribution in [0.3, 0.4) is 0 Å². The van der Waals surface area contributed by atoms with Crippen LogP contribution in [0, 0.1) is 5.92 Å². The highest BCUT2D eigenvalue weighted by molar-refractivity contribution is 7.92. The third kappa shape index (κ3) is 5.30. The summed E-state index contributed by atoms with van der Waals surface area (Å²) in [5.74, 6) is -0.645.